The highest BCUT2D eigenvalue weighted by Crippen LogP contribution is 2.13. The van der Waals surface area contributed by atoms with Gasteiger partial charge in [-0.05, 0) is 17.7 Å². The van der Waals surface area contributed by atoms with Crippen molar-refractivity contribution in [2.24, 2.45) is 0 Å². The molecule has 5 nitrogen and oxygen atoms in total. The molecule has 2 N–H and O–H groups in total. The zero-order valence-electron chi connectivity index (χ0n) is 11.8. The van der Waals surface area contributed by atoms with Gasteiger partial charge in [0.05, 0.1) is 0 Å². The zero-order chi connectivity index (χ0) is 15.2. The highest BCUT2D eigenvalue weighted by atomic mass is 19.1. The lowest BCUT2D eigenvalue weighted by atomic mass is 10.1. The van der Waals surface area contributed by atoms with Gasteiger partial charge in [-0.1, -0.05) is 19.1 Å². The molecule has 1 amide bonds. The molecule has 0 spiro atoms. The van der Waals surface area contributed by atoms with E-state index in [9.17, 15) is 14.3 Å². The molecule has 21 heavy (non-hydrogen) atoms. The Morgan fingerprint density at radius 2 is 2.33 bits per heavy atom. The number of nitrogens with one attached hydrogen (secondary N) is 1. The van der Waals surface area contributed by atoms with E-state index in [1.54, 1.807) is 6.20 Å². The molecule has 0 aliphatic rings. The van der Waals surface area contributed by atoms with Crippen LogP contribution in [-0.4, -0.2) is 27.1 Å². The predicted molar refractivity (Wildman–Crippen MR) is 76.0 cm³/mol. The SMILES string of the molecule is CCc1nccn1CCNC(=O)C(O)c1cccc(F)c1. The Morgan fingerprint density at radius 1 is 1.52 bits per heavy atom. The molecule has 6 heteroatoms. The monoisotopic (exact) mass is 291 g/mol. The number of aromatic nitrogens is 2. The topological polar surface area (TPSA) is 67.2 Å². The van der Waals surface area contributed by atoms with Crippen molar-refractivity contribution in [1.82, 2.24) is 14.9 Å². The second-order valence-corrected chi connectivity index (χ2v) is 4.64. The van der Waals surface area contributed by atoms with Crippen LogP contribution < -0.4 is 5.32 Å². The van der Waals surface area contributed by atoms with Gasteiger partial charge < -0.3 is 15.0 Å². The highest BCUT2D eigenvalue weighted by molar-refractivity contribution is 5.81. The van der Waals surface area contributed by atoms with Crippen molar-refractivity contribution in [2.45, 2.75) is 26.0 Å². The van der Waals surface area contributed by atoms with E-state index in [1.807, 2.05) is 17.7 Å². The number of hydrogen-bond donors (Lipinski definition) is 2. The summed E-state index contributed by atoms with van der Waals surface area (Å²) in [7, 11) is 0. The molecule has 0 aliphatic carbocycles. The molecule has 0 saturated heterocycles. The van der Waals surface area contributed by atoms with Crippen LogP contribution in [0.1, 0.15) is 24.4 Å². The Hall–Kier alpha value is -2.21. The molecule has 1 atom stereocenters. The van der Waals surface area contributed by atoms with Crippen molar-refractivity contribution in [1.29, 1.82) is 0 Å². The molecular formula is C15H18FN3O2. The summed E-state index contributed by atoms with van der Waals surface area (Å²) in [6.45, 7) is 2.95. The minimum Gasteiger partial charge on any atom is -0.378 e. The predicted octanol–water partition coefficient (Wildman–Crippen LogP) is 1.43. The van der Waals surface area contributed by atoms with Gasteiger partial charge in [0, 0.05) is 31.9 Å². The maximum absolute atomic E-state index is 13.1. The summed E-state index contributed by atoms with van der Waals surface area (Å²) in [6, 6.07) is 5.38. The summed E-state index contributed by atoms with van der Waals surface area (Å²) in [5.41, 5.74) is 0.240. The number of benzene rings is 1. The smallest absolute Gasteiger partial charge is 0.253 e. The molecule has 1 heterocycles. The number of aliphatic hydroxyl groups excluding tert-OH is 1. The van der Waals surface area contributed by atoms with Crippen molar-refractivity contribution in [2.75, 3.05) is 6.54 Å². The molecule has 1 aromatic carbocycles. The lowest BCUT2D eigenvalue weighted by Gasteiger charge is -2.12. The summed E-state index contributed by atoms with van der Waals surface area (Å²) in [5, 5.41) is 12.5. The van der Waals surface area contributed by atoms with Crippen LogP contribution in [0.2, 0.25) is 0 Å². The quantitative estimate of drug-likeness (QED) is 0.846. The van der Waals surface area contributed by atoms with Gasteiger partial charge in [-0.3, -0.25) is 4.79 Å². The Morgan fingerprint density at radius 3 is 3.05 bits per heavy atom. The number of hydrogen-bond acceptors (Lipinski definition) is 3. The number of rotatable bonds is 6. The summed E-state index contributed by atoms with van der Waals surface area (Å²) in [6.07, 6.45) is 3.00. The molecule has 0 bridgehead atoms. The van der Waals surface area contributed by atoms with E-state index >= 15 is 0 Å². The lowest BCUT2D eigenvalue weighted by Crippen LogP contribution is -2.32. The third-order valence-electron chi connectivity index (χ3n) is 3.18. The van der Waals surface area contributed by atoms with Crippen LogP contribution in [0.3, 0.4) is 0 Å². The van der Waals surface area contributed by atoms with E-state index in [0.717, 1.165) is 18.3 Å². The summed E-state index contributed by atoms with van der Waals surface area (Å²) >= 11 is 0. The van der Waals surface area contributed by atoms with Crippen LogP contribution in [0.25, 0.3) is 0 Å². The van der Waals surface area contributed by atoms with Gasteiger partial charge in [0.25, 0.3) is 5.91 Å². The molecule has 112 valence electrons. The van der Waals surface area contributed by atoms with E-state index in [2.05, 4.69) is 10.3 Å². The molecule has 2 aromatic rings. The van der Waals surface area contributed by atoms with Crippen LogP contribution in [0.4, 0.5) is 4.39 Å². The van der Waals surface area contributed by atoms with Crippen molar-refractivity contribution in [3.63, 3.8) is 0 Å². The van der Waals surface area contributed by atoms with Crippen LogP contribution in [-0.2, 0) is 17.8 Å². The van der Waals surface area contributed by atoms with Gasteiger partial charge in [-0.15, -0.1) is 0 Å². The first kappa shape index (κ1) is 15.2. The van der Waals surface area contributed by atoms with Crippen LogP contribution in [0.5, 0.6) is 0 Å². The second-order valence-electron chi connectivity index (χ2n) is 4.64. The Balaban J connectivity index is 1.87. The van der Waals surface area contributed by atoms with Crippen molar-refractivity contribution >= 4 is 5.91 Å². The minimum atomic E-state index is -1.37. The van der Waals surface area contributed by atoms with Crippen LogP contribution >= 0.6 is 0 Å². The third kappa shape index (κ3) is 3.88. The first-order valence-electron chi connectivity index (χ1n) is 6.83. The number of halogens is 1. The average molecular weight is 291 g/mol. The fourth-order valence-electron chi connectivity index (χ4n) is 2.08. The molecule has 0 radical (unpaired) electrons. The van der Waals surface area contributed by atoms with E-state index in [4.69, 9.17) is 0 Å². The van der Waals surface area contributed by atoms with E-state index in [-0.39, 0.29) is 5.56 Å². The van der Waals surface area contributed by atoms with Crippen LogP contribution in [0.15, 0.2) is 36.7 Å². The van der Waals surface area contributed by atoms with E-state index in [0.29, 0.717) is 13.1 Å². The molecule has 1 unspecified atom stereocenters. The maximum Gasteiger partial charge on any atom is 0.253 e. The van der Waals surface area contributed by atoms with Gasteiger partial charge in [-0.2, -0.15) is 0 Å². The third-order valence-corrected chi connectivity index (χ3v) is 3.18. The Labute approximate surface area is 122 Å². The maximum atomic E-state index is 13.1. The highest BCUT2D eigenvalue weighted by Gasteiger charge is 2.17. The van der Waals surface area contributed by atoms with Gasteiger partial charge in [-0.25, -0.2) is 9.37 Å². The summed E-state index contributed by atoms with van der Waals surface area (Å²) in [4.78, 5) is 16.0. The molecule has 0 fully saturated rings. The number of nitrogens with zero attached hydrogens (tertiary/aromatic N) is 2. The number of aryl methyl sites for hydroxylation is 1. The number of carbonyl (C=O) groups is 1. The van der Waals surface area contributed by atoms with Crippen molar-refractivity contribution in [3.8, 4) is 0 Å². The minimum absolute atomic E-state index is 0.240. The average Bonchev–Trinajstić information content (AvgIpc) is 2.93. The number of amides is 1. The standard InChI is InChI=1S/C15H18FN3O2/c1-2-13-17-6-8-19(13)9-7-18-15(21)14(20)11-4-3-5-12(16)10-11/h3-6,8,10,14,20H,2,7,9H2,1H3,(H,18,21). The lowest BCUT2D eigenvalue weighted by molar-refractivity contribution is -0.129. The number of aliphatic hydroxyl groups is 1. The summed E-state index contributed by atoms with van der Waals surface area (Å²) in [5.74, 6) is -0.0842. The Kier molecular flexibility index (Phi) is 5.05. The normalized spacial score (nSPS) is 12.1. The zero-order valence-corrected chi connectivity index (χ0v) is 11.8. The van der Waals surface area contributed by atoms with Crippen LogP contribution in [0, 0.1) is 5.82 Å². The molecule has 0 aliphatic heterocycles. The second kappa shape index (κ2) is 6.99. The number of carbonyl (C=O) groups excluding carboxylic acids is 1. The first-order chi connectivity index (χ1) is 10.1. The molecular weight excluding hydrogens is 273 g/mol. The largest absolute Gasteiger partial charge is 0.378 e. The molecule has 2 rings (SSSR count). The van der Waals surface area contributed by atoms with Gasteiger partial charge in [0.1, 0.15) is 11.6 Å². The molecule has 0 saturated carbocycles. The number of imidazole rings is 1. The van der Waals surface area contributed by atoms with E-state index < -0.39 is 17.8 Å². The van der Waals surface area contributed by atoms with Gasteiger partial charge in [0.15, 0.2) is 6.10 Å². The first-order valence-corrected chi connectivity index (χ1v) is 6.83. The van der Waals surface area contributed by atoms with Gasteiger partial charge in [0.2, 0.25) is 0 Å². The summed E-state index contributed by atoms with van der Waals surface area (Å²) < 4.78 is 15.0. The fourth-order valence-corrected chi connectivity index (χ4v) is 2.08. The van der Waals surface area contributed by atoms with Crippen molar-refractivity contribution < 1.29 is 14.3 Å². The van der Waals surface area contributed by atoms with E-state index in [1.165, 1.54) is 18.2 Å². The molecule has 1 aromatic heterocycles. The van der Waals surface area contributed by atoms with Crippen molar-refractivity contribution in [3.05, 3.63) is 53.9 Å². The Bertz CT molecular complexity index is 612. The fraction of sp³-hybridized carbons (Fsp3) is 0.333. The van der Waals surface area contributed by atoms with Gasteiger partial charge >= 0.3 is 0 Å².